The summed E-state index contributed by atoms with van der Waals surface area (Å²) >= 11 is 3.48. The average Bonchev–Trinajstić information content (AvgIpc) is 3.02. The van der Waals surface area contributed by atoms with Crippen LogP contribution in [-0.2, 0) is 0 Å². The minimum Gasteiger partial charge on any atom is -0.351 e. The summed E-state index contributed by atoms with van der Waals surface area (Å²) in [6.07, 6.45) is 4.74. The number of nitrogens with one attached hydrogen (secondary N) is 2. The van der Waals surface area contributed by atoms with Crippen LogP contribution in [0.25, 0.3) is 0 Å². The van der Waals surface area contributed by atoms with E-state index in [0.29, 0.717) is 17.7 Å². The van der Waals surface area contributed by atoms with Gasteiger partial charge in [-0.3, -0.25) is 4.79 Å². The third kappa shape index (κ3) is 4.12. The van der Waals surface area contributed by atoms with Crippen molar-refractivity contribution in [2.24, 2.45) is 0 Å². The van der Waals surface area contributed by atoms with Crippen LogP contribution in [0, 0.1) is 13.8 Å². The molecule has 1 heterocycles. The molecule has 0 spiro atoms. The number of amides is 1. The number of carbonyl (C=O) groups is 1. The quantitative estimate of drug-likeness (QED) is 0.810. The lowest BCUT2D eigenvalue weighted by molar-refractivity contribution is 0.102. The van der Waals surface area contributed by atoms with E-state index in [-0.39, 0.29) is 5.91 Å². The van der Waals surface area contributed by atoms with E-state index in [2.05, 4.69) is 36.5 Å². The zero-order valence-electron chi connectivity index (χ0n) is 13.9. The van der Waals surface area contributed by atoms with E-state index in [4.69, 9.17) is 0 Å². The minimum atomic E-state index is -0.237. The summed E-state index contributed by atoms with van der Waals surface area (Å²) in [6.45, 7) is 3.88. The van der Waals surface area contributed by atoms with Crippen molar-refractivity contribution in [2.45, 2.75) is 45.6 Å². The Morgan fingerprint density at radius 3 is 2.62 bits per heavy atom. The molecule has 0 atom stereocenters. The molecule has 2 aromatic rings. The lowest BCUT2D eigenvalue weighted by Gasteiger charge is -2.13. The van der Waals surface area contributed by atoms with Gasteiger partial charge in [-0.15, -0.1) is 0 Å². The first-order valence-electron chi connectivity index (χ1n) is 8.21. The van der Waals surface area contributed by atoms with E-state index in [9.17, 15) is 4.79 Å². The van der Waals surface area contributed by atoms with E-state index < -0.39 is 0 Å². The van der Waals surface area contributed by atoms with Crippen molar-refractivity contribution in [3.63, 3.8) is 0 Å². The Labute approximate surface area is 150 Å². The first kappa shape index (κ1) is 16.9. The number of hydrogen-bond donors (Lipinski definition) is 2. The predicted octanol–water partition coefficient (Wildman–Crippen LogP) is 4.46. The molecular formula is C18H21BrN4O. The van der Waals surface area contributed by atoms with E-state index in [1.807, 2.05) is 32.0 Å². The second kappa shape index (κ2) is 7.30. The molecule has 0 saturated heterocycles. The number of aromatic nitrogens is 2. The summed E-state index contributed by atoms with van der Waals surface area (Å²) in [4.78, 5) is 21.3. The lowest BCUT2D eigenvalue weighted by Crippen LogP contribution is -2.20. The number of rotatable bonds is 4. The van der Waals surface area contributed by atoms with Gasteiger partial charge in [0.1, 0.15) is 5.69 Å². The molecule has 1 fully saturated rings. The summed E-state index contributed by atoms with van der Waals surface area (Å²) < 4.78 is 0.853. The second-order valence-corrected chi connectivity index (χ2v) is 7.14. The Kier molecular flexibility index (Phi) is 5.14. The van der Waals surface area contributed by atoms with Crippen molar-refractivity contribution >= 4 is 33.5 Å². The molecule has 1 aromatic heterocycles. The monoisotopic (exact) mass is 388 g/mol. The second-order valence-electron chi connectivity index (χ2n) is 6.28. The van der Waals surface area contributed by atoms with Gasteiger partial charge < -0.3 is 10.6 Å². The van der Waals surface area contributed by atoms with Crippen LogP contribution in [0.1, 0.15) is 47.4 Å². The Balaban J connectivity index is 1.77. The molecule has 1 amide bonds. The molecule has 1 saturated carbocycles. The zero-order chi connectivity index (χ0) is 17.1. The van der Waals surface area contributed by atoms with Crippen LogP contribution in [0.5, 0.6) is 0 Å². The lowest BCUT2D eigenvalue weighted by atomic mass is 10.2. The maximum Gasteiger partial charge on any atom is 0.274 e. The average molecular weight is 389 g/mol. The van der Waals surface area contributed by atoms with Gasteiger partial charge in [0.25, 0.3) is 5.91 Å². The third-order valence-electron chi connectivity index (χ3n) is 4.15. The summed E-state index contributed by atoms with van der Waals surface area (Å²) in [6, 6.07) is 7.92. The van der Waals surface area contributed by atoms with Crippen LogP contribution in [0.3, 0.4) is 0 Å². The van der Waals surface area contributed by atoms with Crippen LogP contribution in [-0.4, -0.2) is 21.9 Å². The van der Waals surface area contributed by atoms with E-state index >= 15 is 0 Å². The number of halogens is 1. The largest absolute Gasteiger partial charge is 0.351 e. The fourth-order valence-corrected chi connectivity index (χ4v) is 3.50. The van der Waals surface area contributed by atoms with Crippen LogP contribution < -0.4 is 10.6 Å². The molecule has 0 aliphatic heterocycles. The van der Waals surface area contributed by atoms with E-state index in [1.165, 1.54) is 12.8 Å². The van der Waals surface area contributed by atoms with Crippen molar-refractivity contribution in [3.05, 3.63) is 45.7 Å². The molecule has 24 heavy (non-hydrogen) atoms. The van der Waals surface area contributed by atoms with Gasteiger partial charge in [-0.25, -0.2) is 9.97 Å². The van der Waals surface area contributed by atoms with Gasteiger partial charge in [0.15, 0.2) is 0 Å². The molecule has 5 nitrogen and oxygen atoms in total. The van der Waals surface area contributed by atoms with Gasteiger partial charge in [0.2, 0.25) is 5.95 Å². The Morgan fingerprint density at radius 1 is 1.17 bits per heavy atom. The smallest absolute Gasteiger partial charge is 0.274 e. The standard InChI is InChI=1S/C18H21BrN4O/c1-11-7-8-15(14(19)9-11)22-17(24)16-10-12(2)20-18(23-16)21-13-5-3-4-6-13/h7-10,13H,3-6H2,1-2H3,(H,22,24)(H,20,21,23). The molecular weight excluding hydrogens is 368 g/mol. The van der Waals surface area contributed by atoms with Crippen molar-refractivity contribution in [3.8, 4) is 0 Å². The summed E-state index contributed by atoms with van der Waals surface area (Å²) in [5.41, 5.74) is 3.00. The zero-order valence-corrected chi connectivity index (χ0v) is 15.5. The summed E-state index contributed by atoms with van der Waals surface area (Å²) in [7, 11) is 0. The number of aryl methyl sites for hydroxylation is 2. The van der Waals surface area contributed by atoms with Crippen molar-refractivity contribution in [1.29, 1.82) is 0 Å². The van der Waals surface area contributed by atoms with Crippen LogP contribution in [0.4, 0.5) is 11.6 Å². The topological polar surface area (TPSA) is 66.9 Å². The molecule has 0 unspecified atom stereocenters. The van der Waals surface area contributed by atoms with Gasteiger partial charge >= 0.3 is 0 Å². The van der Waals surface area contributed by atoms with E-state index in [1.54, 1.807) is 6.07 Å². The number of carbonyl (C=O) groups excluding carboxylic acids is 1. The maximum atomic E-state index is 12.5. The fraction of sp³-hybridized carbons (Fsp3) is 0.389. The fourth-order valence-electron chi connectivity index (χ4n) is 2.91. The molecule has 2 N–H and O–H groups in total. The van der Waals surface area contributed by atoms with Crippen molar-refractivity contribution < 1.29 is 4.79 Å². The number of hydrogen-bond acceptors (Lipinski definition) is 4. The Morgan fingerprint density at radius 2 is 1.92 bits per heavy atom. The van der Waals surface area contributed by atoms with E-state index in [0.717, 1.165) is 34.3 Å². The first-order chi connectivity index (χ1) is 11.5. The molecule has 1 aliphatic carbocycles. The highest BCUT2D eigenvalue weighted by molar-refractivity contribution is 9.10. The first-order valence-corrected chi connectivity index (χ1v) is 9.00. The van der Waals surface area contributed by atoms with Crippen LogP contribution >= 0.6 is 15.9 Å². The highest BCUT2D eigenvalue weighted by atomic mass is 79.9. The molecule has 126 valence electrons. The highest BCUT2D eigenvalue weighted by Crippen LogP contribution is 2.24. The molecule has 1 aromatic carbocycles. The van der Waals surface area contributed by atoms with Gasteiger partial charge in [-0.1, -0.05) is 18.9 Å². The molecule has 3 rings (SSSR count). The molecule has 0 radical (unpaired) electrons. The summed E-state index contributed by atoms with van der Waals surface area (Å²) in [5.74, 6) is 0.301. The Hall–Kier alpha value is -1.95. The van der Waals surface area contributed by atoms with Gasteiger partial charge in [-0.2, -0.15) is 0 Å². The highest BCUT2D eigenvalue weighted by Gasteiger charge is 2.17. The minimum absolute atomic E-state index is 0.237. The van der Waals surface area contributed by atoms with Crippen molar-refractivity contribution in [1.82, 2.24) is 9.97 Å². The molecule has 6 heteroatoms. The van der Waals surface area contributed by atoms with Gasteiger partial charge in [-0.05, 0) is 66.4 Å². The number of anilines is 2. The summed E-state index contributed by atoms with van der Waals surface area (Å²) in [5, 5.41) is 6.25. The number of benzene rings is 1. The van der Waals surface area contributed by atoms with Gasteiger partial charge in [0, 0.05) is 16.2 Å². The molecule has 1 aliphatic rings. The molecule has 0 bridgehead atoms. The van der Waals surface area contributed by atoms with Gasteiger partial charge in [0.05, 0.1) is 5.69 Å². The van der Waals surface area contributed by atoms with Crippen LogP contribution in [0.15, 0.2) is 28.7 Å². The Bertz CT molecular complexity index is 757. The SMILES string of the molecule is Cc1ccc(NC(=O)c2cc(C)nc(NC3CCCC3)n2)c(Br)c1. The normalized spacial score (nSPS) is 14.6. The van der Waals surface area contributed by atoms with Crippen LogP contribution in [0.2, 0.25) is 0 Å². The maximum absolute atomic E-state index is 12.5. The predicted molar refractivity (Wildman–Crippen MR) is 99.5 cm³/mol. The third-order valence-corrected chi connectivity index (χ3v) is 4.80. The van der Waals surface area contributed by atoms with Crippen molar-refractivity contribution in [2.75, 3.05) is 10.6 Å². The number of nitrogens with zero attached hydrogens (tertiary/aromatic N) is 2.